The maximum absolute atomic E-state index is 10.00. The van der Waals surface area contributed by atoms with Crippen molar-refractivity contribution in [3.8, 4) is 28.3 Å². The molecule has 2 N–H and O–H groups in total. The van der Waals surface area contributed by atoms with E-state index < -0.39 is 0 Å². The summed E-state index contributed by atoms with van der Waals surface area (Å²) in [6.07, 6.45) is 0. The Kier molecular flexibility index (Phi) is 3.20. The molecule has 0 amide bonds. The minimum absolute atomic E-state index is 0.224. The predicted octanol–water partition coefficient (Wildman–Crippen LogP) is 4.41. The Morgan fingerprint density at radius 2 is 1.85 bits per heavy atom. The van der Waals surface area contributed by atoms with Crippen LogP contribution in [0.25, 0.3) is 22.5 Å². The van der Waals surface area contributed by atoms with Crippen LogP contribution in [0, 0.1) is 6.92 Å². The number of benzene rings is 2. The molecule has 0 aliphatic heterocycles. The zero-order chi connectivity index (χ0) is 14.1. The van der Waals surface area contributed by atoms with Gasteiger partial charge < -0.3 is 5.11 Å². The first-order valence-electron chi connectivity index (χ1n) is 6.25. The normalized spacial score (nSPS) is 10.7. The third-order valence-electron chi connectivity index (χ3n) is 3.17. The summed E-state index contributed by atoms with van der Waals surface area (Å²) in [6.45, 7) is 1.93. The van der Waals surface area contributed by atoms with Crippen molar-refractivity contribution in [1.29, 1.82) is 0 Å². The van der Waals surface area contributed by atoms with Gasteiger partial charge in [-0.25, -0.2) is 0 Å². The van der Waals surface area contributed by atoms with E-state index in [0.29, 0.717) is 16.3 Å². The Hall–Kier alpha value is -2.26. The Labute approximate surface area is 121 Å². The Balaban J connectivity index is 2.04. The molecule has 3 nitrogen and oxygen atoms in total. The maximum Gasteiger partial charge on any atom is 0.125 e. The van der Waals surface area contributed by atoms with Gasteiger partial charge in [-0.15, -0.1) is 0 Å². The monoisotopic (exact) mass is 284 g/mol. The lowest BCUT2D eigenvalue weighted by Crippen LogP contribution is -1.80. The number of aromatic amines is 1. The molecule has 0 atom stereocenters. The first-order chi connectivity index (χ1) is 9.65. The largest absolute Gasteiger partial charge is 0.507 e. The molecular formula is C16H13ClN2O. The zero-order valence-corrected chi connectivity index (χ0v) is 11.6. The topological polar surface area (TPSA) is 48.9 Å². The summed E-state index contributed by atoms with van der Waals surface area (Å²) in [5.74, 6) is 0.224. The molecule has 1 heterocycles. The van der Waals surface area contributed by atoms with Gasteiger partial charge in [-0.05, 0) is 36.8 Å². The molecule has 0 radical (unpaired) electrons. The third kappa shape index (κ3) is 2.28. The summed E-state index contributed by atoms with van der Waals surface area (Å²) < 4.78 is 0. The van der Waals surface area contributed by atoms with E-state index in [2.05, 4.69) is 10.2 Å². The number of H-pyrrole nitrogens is 1. The highest BCUT2D eigenvalue weighted by molar-refractivity contribution is 6.33. The van der Waals surface area contributed by atoms with Gasteiger partial charge in [0.25, 0.3) is 0 Å². The lowest BCUT2D eigenvalue weighted by Gasteiger charge is -2.01. The van der Waals surface area contributed by atoms with Gasteiger partial charge in [-0.1, -0.05) is 35.9 Å². The number of hydrogen-bond donors (Lipinski definition) is 2. The molecule has 3 aromatic rings. The van der Waals surface area contributed by atoms with E-state index in [4.69, 9.17) is 11.6 Å². The van der Waals surface area contributed by atoms with Crippen LogP contribution >= 0.6 is 11.6 Å². The van der Waals surface area contributed by atoms with Crippen LogP contribution in [0.2, 0.25) is 5.02 Å². The fraction of sp³-hybridized carbons (Fsp3) is 0.0625. The molecule has 0 aliphatic rings. The van der Waals surface area contributed by atoms with Crippen LogP contribution in [0.1, 0.15) is 5.56 Å². The van der Waals surface area contributed by atoms with Crippen molar-refractivity contribution in [2.45, 2.75) is 6.92 Å². The van der Waals surface area contributed by atoms with Crippen LogP contribution in [0.3, 0.4) is 0 Å². The van der Waals surface area contributed by atoms with E-state index in [0.717, 1.165) is 16.8 Å². The van der Waals surface area contributed by atoms with Gasteiger partial charge in [0, 0.05) is 16.1 Å². The highest BCUT2D eigenvalue weighted by Gasteiger charge is 2.11. The molecule has 0 unspecified atom stereocenters. The van der Waals surface area contributed by atoms with Crippen molar-refractivity contribution >= 4 is 11.6 Å². The fourth-order valence-corrected chi connectivity index (χ4v) is 2.37. The van der Waals surface area contributed by atoms with Crippen molar-refractivity contribution < 1.29 is 5.11 Å². The smallest absolute Gasteiger partial charge is 0.125 e. The predicted molar refractivity (Wildman–Crippen MR) is 80.9 cm³/mol. The average Bonchev–Trinajstić information content (AvgIpc) is 2.88. The van der Waals surface area contributed by atoms with E-state index in [-0.39, 0.29) is 5.75 Å². The van der Waals surface area contributed by atoms with E-state index in [1.807, 2.05) is 49.4 Å². The molecule has 2 aromatic carbocycles. The highest BCUT2D eigenvalue weighted by atomic mass is 35.5. The third-order valence-corrected chi connectivity index (χ3v) is 3.50. The van der Waals surface area contributed by atoms with Gasteiger partial charge in [0.05, 0.1) is 11.4 Å². The fourth-order valence-electron chi connectivity index (χ4n) is 2.14. The van der Waals surface area contributed by atoms with Gasteiger partial charge >= 0.3 is 0 Å². The van der Waals surface area contributed by atoms with E-state index >= 15 is 0 Å². The van der Waals surface area contributed by atoms with E-state index in [9.17, 15) is 5.11 Å². The van der Waals surface area contributed by atoms with Crippen LogP contribution in [0.15, 0.2) is 48.5 Å². The molecule has 0 bridgehead atoms. The number of rotatable bonds is 2. The molecule has 0 aliphatic carbocycles. The quantitative estimate of drug-likeness (QED) is 0.732. The second-order valence-corrected chi connectivity index (χ2v) is 5.07. The number of aryl methyl sites for hydroxylation is 1. The Morgan fingerprint density at radius 1 is 1.05 bits per heavy atom. The second kappa shape index (κ2) is 5.02. The number of aromatic hydroxyl groups is 1. The van der Waals surface area contributed by atoms with Crippen molar-refractivity contribution in [1.82, 2.24) is 10.2 Å². The minimum Gasteiger partial charge on any atom is -0.507 e. The second-order valence-electron chi connectivity index (χ2n) is 4.67. The van der Waals surface area contributed by atoms with Crippen molar-refractivity contribution in [3.05, 3.63) is 59.1 Å². The van der Waals surface area contributed by atoms with Crippen molar-refractivity contribution in [2.75, 3.05) is 0 Å². The first-order valence-corrected chi connectivity index (χ1v) is 6.63. The van der Waals surface area contributed by atoms with Gasteiger partial charge in [0.2, 0.25) is 0 Å². The average molecular weight is 285 g/mol. The SMILES string of the molecule is Cc1ccc(-c2cc(-c3ccccc3Cl)[nH]n2)c(O)c1. The van der Waals surface area contributed by atoms with Crippen molar-refractivity contribution in [2.24, 2.45) is 0 Å². The molecule has 3 rings (SSSR count). The Morgan fingerprint density at radius 3 is 2.60 bits per heavy atom. The van der Waals surface area contributed by atoms with E-state index in [1.165, 1.54) is 0 Å². The number of halogens is 1. The molecule has 1 aromatic heterocycles. The molecule has 100 valence electrons. The highest BCUT2D eigenvalue weighted by Crippen LogP contribution is 2.32. The van der Waals surface area contributed by atoms with Crippen LogP contribution in [-0.4, -0.2) is 15.3 Å². The standard InChI is InChI=1S/C16H13ClN2O/c1-10-6-7-12(16(20)8-10)15-9-14(18-19-15)11-4-2-3-5-13(11)17/h2-9,20H,1H3,(H,18,19). The zero-order valence-electron chi connectivity index (χ0n) is 10.9. The number of hydrogen-bond acceptors (Lipinski definition) is 2. The summed E-state index contributed by atoms with van der Waals surface area (Å²) in [5, 5.41) is 17.9. The molecule has 0 saturated heterocycles. The molecule has 4 heteroatoms. The number of nitrogens with one attached hydrogen (secondary N) is 1. The molecule has 0 fully saturated rings. The molecule has 20 heavy (non-hydrogen) atoms. The maximum atomic E-state index is 10.00. The number of phenolic OH excluding ortho intramolecular Hbond substituents is 1. The number of nitrogens with zero attached hydrogens (tertiary/aromatic N) is 1. The molecule has 0 saturated carbocycles. The first kappa shape index (κ1) is 12.8. The number of phenols is 1. The molecule has 0 spiro atoms. The van der Waals surface area contributed by atoms with Crippen molar-refractivity contribution in [3.63, 3.8) is 0 Å². The lowest BCUT2D eigenvalue weighted by molar-refractivity contribution is 0.476. The number of aromatic nitrogens is 2. The summed E-state index contributed by atoms with van der Waals surface area (Å²) in [6, 6.07) is 15.0. The van der Waals surface area contributed by atoms with Crippen LogP contribution in [0.5, 0.6) is 5.75 Å². The molecular weight excluding hydrogens is 272 g/mol. The van der Waals surface area contributed by atoms with Crippen LogP contribution < -0.4 is 0 Å². The van der Waals surface area contributed by atoms with Gasteiger partial charge in [-0.3, -0.25) is 5.10 Å². The van der Waals surface area contributed by atoms with Gasteiger partial charge in [0.1, 0.15) is 5.75 Å². The minimum atomic E-state index is 0.224. The van der Waals surface area contributed by atoms with Crippen LogP contribution in [0.4, 0.5) is 0 Å². The lowest BCUT2D eigenvalue weighted by atomic mass is 10.1. The van der Waals surface area contributed by atoms with Gasteiger partial charge in [-0.2, -0.15) is 5.10 Å². The summed E-state index contributed by atoms with van der Waals surface area (Å²) in [4.78, 5) is 0. The summed E-state index contributed by atoms with van der Waals surface area (Å²) in [7, 11) is 0. The van der Waals surface area contributed by atoms with Gasteiger partial charge in [0.15, 0.2) is 0 Å². The van der Waals surface area contributed by atoms with Crippen LogP contribution in [-0.2, 0) is 0 Å². The van der Waals surface area contributed by atoms with E-state index in [1.54, 1.807) is 6.07 Å². The summed E-state index contributed by atoms with van der Waals surface area (Å²) in [5.41, 5.74) is 4.11. The summed E-state index contributed by atoms with van der Waals surface area (Å²) >= 11 is 6.17. The Bertz CT molecular complexity index is 765.